The molecule has 156 valence electrons. The Bertz CT molecular complexity index is 1250. The van der Waals surface area contributed by atoms with Crippen LogP contribution in [-0.4, -0.2) is 36.1 Å². The molecule has 30 heavy (non-hydrogen) atoms. The second kappa shape index (κ2) is 7.87. The number of nitro benzene ring substituents is 1. The van der Waals surface area contributed by atoms with Crippen molar-refractivity contribution in [3.05, 3.63) is 76.1 Å². The van der Waals surface area contributed by atoms with Crippen molar-refractivity contribution in [1.29, 1.82) is 0 Å². The Morgan fingerprint density at radius 2 is 1.93 bits per heavy atom. The van der Waals surface area contributed by atoms with Crippen LogP contribution in [0.2, 0.25) is 0 Å². The maximum Gasteiger partial charge on any atom is 0.352 e. The maximum absolute atomic E-state index is 12.8. The molecule has 3 rings (SSSR count). The smallest absolute Gasteiger partial charge is 0.352 e. The first kappa shape index (κ1) is 20.9. The fourth-order valence-corrected chi connectivity index (χ4v) is 4.16. The molecule has 1 heterocycles. The van der Waals surface area contributed by atoms with E-state index in [9.17, 15) is 28.4 Å². The Morgan fingerprint density at radius 3 is 2.53 bits per heavy atom. The van der Waals surface area contributed by atoms with Gasteiger partial charge in [-0.15, -0.1) is 0 Å². The fourth-order valence-electron chi connectivity index (χ4n) is 2.96. The summed E-state index contributed by atoms with van der Waals surface area (Å²) in [6, 6.07) is 10.9. The molecule has 0 amide bonds. The summed E-state index contributed by atoms with van der Waals surface area (Å²) in [5, 5.41) is 20.2. The molecule has 0 unspecified atom stereocenters. The lowest BCUT2D eigenvalue weighted by atomic mass is 10.1. The monoisotopic (exact) mass is 431 g/mol. The quantitative estimate of drug-likeness (QED) is 0.432. The largest absolute Gasteiger partial charge is 0.495 e. The molecule has 2 aromatic carbocycles. The van der Waals surface area contributed by atoms with Gasteiger partial charge in [-0.3, -0.25) is 14.8 Å². The SMILES string of the molecule is COc1cc([N+](=O)[O-])ccc1S(=O)(=O)Nc1ccc(-n2cccc2C(=O)O)c(C)c1. The number of sulfonamides is 1. The van der Waals surface area contributed by atoms with Crippen LogP contribution in [0.15, 0.2) is 59.6 Å². The van der Waals surface area contributed by atoms with E-state index in [0.717, 1.165) is 18.2 Å². The van der Waals surface area contributed by atoms with Gasteiger partial charge < -0.3 is 14.4 Å². The van der Waals surface area contributed by atoms with Crippen molar-refractivity contribution in [3.63, 3.8) is 0 Å². The molecular formula is C19H17N3O7S. The number of aromatic carboxylic acids is 1. The molecule has 0 bridgehead atoms. The van der Waals surface area contributed by atoms with Crippen LogP contribution in [-0.2, 0) is 10.0 Å². The highest BCUT2D eigenvalue weighted by Crippen LogP contribution is 2.30. The second-order valence-corrected chi connectivity index (χ2v) is 7.92. The van der Waals surface area contributed by atoms with E-state index in [1.165, 1.54) is 23.8 Å². The number of nitrogens with one attached hydrogen (secondary N) is 1. The van der Waals surface area contributed by atoms with Crippen molar-refractivity contribution < 1.29 is 28.0 Å². The van der Waals surface area contributed by atoms with Crippen LogP contribution in [0.1, 0.15) is 16.1 Å². The van der Waals surface area contributed by atoms with Gasteiger partial charge in [-0.25, -0.2) is 13.2 Å². The second-order valence-electron chi connectivity index (χ2n) is 6.27. The molecule has 0 aliphatic carbocycles. The third kappa shape index (κ3) is 3.96. The molecule has 3 aromatic rings. The number of rotatable bonds is 7. The minimum absolute atomic E-state index is 0.0713. The third-order valence-electron chi connectivity index (χ3n) is 4.32. The van der Waals surface area contributed by atoms with Gasteiger partial charge in [-0.2, -0.15) is 0 Å². The van der Waals surface area contributed by atoms with Crippen molar-refractivity contribution >= 4 is 27.4 Å². The van der Waals surface area contributed by atoms with Gasteiger partial charge in [0.25, 0.3) is 15.7 Å². The fraction of sp³-hybridized carbons (Fsp3) is 0.105. The van der Waals surface area contributed by atoms with Crippen LogP contribution in [0.5, 0.6) is 5.75 Å². The van der Waals surface area contributed by atoms with E-state index in [2.05, 4.69) is 4.72 Å². The molecular weight excluding hydrogens is 414 g/mol. The number of aryl methyl sites for hydroxylation is 1. The van der Waals surface area contributed by atoms with Gasteiger partial charge in [0.1, 0.15) is 16.3 Å². The summed E-state index contributed by atoms with van der Waals surface area (Å²) in [6.45, 7) is 1.71. The maximum atomic E-state index is 12.8. The number of aromatic nitrogens is 1. The molecule has 11 heteroatoms. The molecule has 2 N–H and O–H groups in total. The molecule has 0 aliphatic heterocycles. The zero-order valence-corrected chi connectivity index (χ0v) is 16.7. The third-order valence-corrected chi connectivity index (χ3v) is 5.74. The topological polar surface area (TPSA) is 141 Å². The first-order valence-corrected chi connectivity index (χ1v) is 9.99. The van der Waals surface area contributed by atoms with E-state index < -0.39 is 20.9 Å². The normalized spacial score (nSPS) is 11.1. The highest BCUT2D eigenvalue weighted by molar-refractivity contribution is 7.92. The van der Waals surface area contributed by atoms with Gasteiger partial charge in [0.15, 0.2) is 0 Å². The Balaban J connectivity index is 1.95. The lowest BCUT2D eigenvalue weighted by molar-refractivity contribution is -0.385. The number of anilines is 1. The number of nitro groups is 1. The van der Waals surface area contributed by atoms with Crippen molar-refractivity contribution in [2.45, 2.75) is 11.8 Å². The predicted octanol–water partition coefficient (Wildman–Crippen LogP) is 3.20. The number of non-ortho nitro benzene ring substituents is 1. The highest BCUT2D eigenvalue weighted by atomic mass is 32.2. The minimum atomic E-state index is -4.10. The number of hydrogen-bond donors (Lipinski definition) is 2. The van der Waals surface area contributed by atoms with Gasteiger partial charge in [-0.05, 0) is 48.9 Å². The lowest BCUT2D eigenvalue weighted by Crippen LogP contribution is -2.14. The van der Waals surface area contributed by atoms with Crippen LogP contribution in [0.4, 0.5) is 11.4 Å². The Labute approximate surface area is 171 Å². The zero-order valence-electron chi connectivity index (χ0n) is 15.9. The summed E-state index contributed by atoms with van der Waals surface area (Å²) in [4.78, 5) is 21.3. The van der Waals surface area contributed by atoms with Crippen LogP contribution in [0, 0.1) is 17.0 Å². The molecule has 0 fully saturated rings. The molecule has 10 nitrogen and oxygen atoms in total. The number of benzene rings is 2. The Hall–Kier alpha value is -3.86. The van der Waals surface area contributed by atoms with E-state index in [1.54, 1.807) is 31.3 Å². The molecule has 0 saturated heterocycles. The lowest BCUT2D eigenvalue weighted by Gasteiger charge is -2.14. The van der Waals surface area contributed by atoms with E-state index in [-0.39, 0.29) is 27.7 Å². The number of methoxy groups -OCH3 is 1. The van der Waals surface area contributed by atoms with E-state index in [0.29, 0.717) is 11.3 Å². The predicted molar refractivity (Wildman–Crippen MR) is 108 cm³/mol. The number of carboxylic acid groups (broad SMARTS) is 1. The number of nitrogens with zero attached hydrogens (tertiary/aromatic N) is 2. The number of carboxylic acids is 1. The van der Waals surface area contributed by atoms with E-state index >= 15 is 0 Å². The summed E-state index contributed by atoms with van der Waals surface area (Å²) < 4.78 is 34.5. The van der Waals surface area contributed by atoms with Crippen LogP contribution in [0.25, 0.3) is 5.69 Å². The van der Waals surface area contributed by atoms with Crippen molar-refractivity contribution in [3.8, 4) is 11.4 Å². The first-order chi connectivity index (χ1) is 14.1. The van der Waals surface area contributed by atoms with Crippen molar-refractivity contribution in [2.75, 3.05) is 11.8 Å². The molecule has 1 aromatic heterocycles. The van der Waals surface area contributed by atoms with Gasteiger partial charge in [0, 0.05) is 23.6 Å². The van der Waals surface area contributed by atoms with Crippen molar-refractivity contribution in [1.82, 2.24) is 4.57 Å². The summed E-state index contributed by atoms with van der Waals surface area (Å²) in [6.07, 6.45) is 1.59. The van der Waals surface area contributed by atoms with Crippen LogP contribution < -0.4 is 9.46 Å². The average molecular weight is 431 g/mol. The number of carbonyl (C=O) groups is 1. The standard InChI is InChI=1S/C19H17N3O7S/c1-12-10-13(5-7-15(12)21-9-3-4-16(21)19(23)24)20-30(27,28)18-8-6-14(22(25)26)11-17(18)29-2/h3-11,20H,1-2H3,(H,23,24). The number of hydrogen-bond acceptors (Lipinski definition) is 6. The van der Waals surface area contributed by atoms with Gasteiger partial charge >= 0.3 is 5.97 Å². The molecule has 0 aliphatic rings. The summed E-state index contributed by atoms with van der Waals surface area (Å²) in [5.41, 5.74) is 1.22. The zero-order chi connectivity index (χ0) is 22.1. The minimum Gasteiger partial charge on any atom is -0.495 e. The summed E-state index contributed by atoms with van der Waals surface area (Å²) in [5.74, 6) is -1.25. The molecule has 0 atom stereocenters. The van der Waals surface area contributed by atoms with Gasteiger partial charge in [0.2, 0.25) is 0 Å². The van der Waals surface area contributed by atoms with E-state index in [1.807, 2.05) is 0 Å². The van der Waals surface area contributed by atoms with Crippen LogP contribution >= 0.6 is 0 Å². The molecule has 0 spiro atoms. The highest BCUT2D eigenvalue weighted by Gasteiger charge is 2.23. The average Bonchev–Trinajstić information content (AvgIpc) is 3.17. The summed E-state index contributed by atoms with van der Waals surface area (Å²) >= 11 is 0. The summed E-state index contributed by atoms with van der Waals surface area (Å²) in [7, 11) is -2.89. The molecule has 0 radical (unpaired) electrons. The number of ether oxygens (including phenoxy) is 1. The Morgan fingerprint density at radius 1 is 1.20 bits per heavy atom. The van der Waals surface area contributed by atoms with Crippen molar-refractivity contribution in [2.24, 2.45) is 0 Å². The van der Waals surface area contributed by atoms with Gasteiger partial charge in [-0.1, -0.05) is 0 Å². The first-order valence-electron chi connectivity index (χ1n) is 8.51. The van der Waals surface area contributed by atoms with E-state index in [4.69, 9.17) is 4.74 Å². The molecule has 0 saturated carbocycles. The van der Waals surface area contributed by atoms with Gasteiger partial charge in [0.05, 0.1) is 18.1 Å². The Kier molecular flexibility index (Phi) is 5.47. The van der Waals surface area contributed by atoms with Crippen LogP contribution in [0.3, 0.4) is 0 Å².